The lowest BCUT2D eigenvalue weighted by Gasteiger charge is -2.40. The Balaban J connectivity index is 1.81. The Kier molecular flexibility index (Phi) is 5.49. The molecule has 1 amide bonds. The molecule has 1 saturated heterocycles. The van der Waals surface area contributed by atoms with Crippen LogP contribution < -0.4 is 4.90 Å². The topological polar surface area (TPSA) is 69.6 Å². The Morgan fingerprint density at radius 3 is 2.74 bits per heavy atom. The molecule has 0 bridgehead atoms. The number of rotatable bonds is 3. The average Bonchev–Trinajstić information content (AvgIpc) is 2.74. The Labute approximate surface area is 182 Å². The number of hydrogen-bond donors (Lipinski definition) is 1. The number of amides is 1. The Morgan fingerprint density at radius 2 is 2.06 bits per heavy atom. The molecular formula is C22H19ClF2N4O2. The minimum Gasteiger partial charge on any atom is -0.507 e. The van der Waals surface area contributed by atoms with Gasteiger partial charge in [-0.15, -0.1) is 0 Å². The van der Waals surface area contributed by atoms with Crippen LogP contribution >= 0.6 is 11.6 Å². The number of fused-ring (bicyclic) bond motifs is 1. The molecule has 0 saturated carbocycles. The Hall–Kier alpha value is -3.26. The van der Waals surface area contributed by atoms with Crippen LogP contribution in [-0.4, -0.2) is 51.6 Å². The summed E-state index contributed by atoms with van der Waals surface area (Å²) in [5.41, 5.74) is -0.620. The maximum absolute atomic E-state index is 15.5. The molecule has 1 aliphatic heterocycles. The molecule has 6 nitrogen and oxygen atoms in total. The highest BCUT2D eigenvalue weighted by atomic mass is 35.5. The Morgan fingerprint density at radius 1 is 1.29 bits per heavy atom. The van der Waals surface area contributed by atoms with Crippen LogP contribution in [0.5, 0.6) is 5.75 Å². The van der Waals surface area contributed by atoms with E-state index in [1.165, 1.54) is 30.6 Å². The highest BCUT2D eigenvalue weighted by Gasteiger charge is 2.29. The van der Waals surface area contributed by atoms with Crippen molar-refractivity contribution in [2.45, 2.75) is 13.0 Å². The van der Waals surface area contributed by atoms with E-state index in [2.05, 4.69) is 16.5 Å². The molecule has 1 aromatic heterocycles. The number of aromatic hydroxyl groups is 1. The number of hydrogen-bond acceptors (Lipinski definition) is 5. The molecule has 160 valence electrons. The number of aromatic nitrogens is 2. The second-order valence-electron chi connectivity index (χ2n) is 7.31. The van der Waals surface area contributed by atoms with Gasteiger partial charge < -0.3 is 14.9 Å². The van der Waals surface area contributed by atoms with Gasteiger partial charge in [0.05, 0.1) is 10.6 Å². The summed E-state index contributed by atoms with van der Waals surface area (Å²) >= 11 is 6.35. The molecule has 1 fully saturated rings. The molecule has 1 atom stereocenters. The standard InChI is InChI=1S/C22H19ClF2N4O2/c1-3-17(31)29-8-7-28(10-12(29)2)22-13-9-14(23)18(20(25)21(13)26-11-27-22)19-15(24)5-4-6-16(19)30/h3-6,9,11-12,30H,1,7-8,10H2,2H3. The highest BCUT2D eigenvalue weighted by molar-refractivity contribution is 6.34. The lowest BCUT2D eigenvalue weighted by Crippen LogP contribution is -2.54. The minimum atomic E-state index is -0.847. The Bertz CT molecular complexity index is 1180. The minimum absolute atomic E-state index is 0.0377. The lowest BCUT2D eigenvalue weighted by atomic mass is 10.0. The number of carbonyl (C=O) groups is 1. The molecular weight excluding hydrogens is 426 g/mol. The SMILES string of the molecule is C=CC(=O)N1CCN(c2ncnc3c(F)c(-c4c(O)cccc4F)c(Cl)cc23)CC1C. The van der Waals surface area contributed by atoms with Crippen LogP contribution in [0.15, 0.2) is 43.2 Å². The molecule has 4 rings (SSSR count). The molecule has 1 aliphatic rings. The summed E-state index contributed by atoms with van der Waals surface area (Å²) in [5.74, 6) is -1.76. The van der Waals surface area contributed by atoms with Gasteiger partial charge in [0.1, 0.15) is 29.2 Å². The first-order valence-corrected chi connectivity index (χ1v) is 9.99. The van der Waals surface area contributed by atoms with Gasteiger partial charge in [-0.3, -0.25) is 4.79 Å². The van der Waals surface area contributed by atoms with Crippen molar-refractivity contribution < 1.29 is 18.7 Å². The van der Waals surface area contributed by atoms with Gasteiger partial charge in [-0.25, -0.2) is 18.7 Å². The molecule has 9 heteroatoms. The van der Waals surface area contributed by atoms with E-state index in [1.807, 2.05) is 11.8 Å². The number of phenolic OH excluding ortho intramolecular Hbond substituents is 1. The van der Waals surface area contributed by atoms with Crippen LogP contribution in [0.4, 0.5) is 14.6 Å². The summed E-state index contributed by atoms with van der Waals surface area (Å²) in [6.07, 6.45) is 2.51. The predicted octanol–water partition coefficient (Wildman–Crippen LogP) is 4.16. The van der Waals surface area contributed by atoms with Gasteiger partial charge in [-0.2, -0.15) is 0 Å². The predicted molar refractivity (Wildman–Crippen MR) is 115 cm³/mol. The van der Waals surface area contributed by atoms with Crippen LogP contribution in [0.1, 0.15) is 6.92 Å². The van der Waals surface area contributed by atoms with Gasteiger partial charge >= 0.3 is 0 Å². The zero-order valence-corrected chi connectivity index (χ0v) is 17.4. The number of piperazine rings is 1. The van der Waals surface area contributed by atoms with Crippen molar-refractivity contribution in [3.63, 3.8) is 0 Å². The van der Waals surface area contributed by atoms with Crippen molar-refractivity contribution in [1.82, 2.24) is 14.9 Å². The van der Waals surface area contributed by atoms with E-state index in [4.69, 9.17) is 11.6 Å². The van der Waals surface area contributed by atoms with Crippen LogP contribution in [0, 0.1) is 11.6 Å². The van der Waals surface area contributed by atoms with Gasteiger partial charge in [0.25, 0.3) is 0 Å². The molecule has 0 spiro atoms. The van der Waals surface area contributed by atoms with Crippen molar-refractivity contribution in [2.24, 2.45) is 0 Å². The number of halogens is 3. The summed E-state index contributed by atoms with van der Waals surface area (Å²) < 4.78 is 29.9. The van der Waals surface area contributed by atoms with Crippen molar-refractivity contribution in [3.05, 3.63) is 59.9 Å². The second-order valence-corrected chi connectivity index (χ2v) is 7.71. The average molecular weight is 445 g/mol. The third-order valence-corrected chi connectivity index (χ3v) is 5.72. The van der Waals surface area contributed by atoms with Gasteiger partial charge in [0.2, 0.25) is 5.91 Å². The first-order chi connectivity index (χ1) is 14.8. The maximum atomic E-state index is 15.5. The van der Waals surface area contributed by atoms with E-state index >= 15 is 4.39 Å². The van der Waals surface area contributed by atoms with Crippen molar-refractivity contribution >= 4 is 34.2 Å². The van der Waals surface area contributed by atoms with E-state index in [0.29, 0.717) is 30.8 Å². The second kappa shape index (κ2) is 8.11. The van der Waals surface area contributed by atoms with E-state index in [1.54, 1.807) is 4.90 Å². The van der Waals surface area contributed by atoms with Crippen LogP contribution in [0.2, 0.25) is 5.02 Å². The summed E-state index contributed by atoms with van der Waals surface area (Å²) in [4.78, 5) is 24.0. The van der Waals surface area contributed by atoms with Gasteiger partial charge in [0, 0.05) is 36.6 Å². The third-order valence-electron chi connectivity index (χ3n) is 5.43. The summed E-state index contributed by atoms with van der Waals surface area (Å²) in [6.45, 7) is 6.84. The third kappa shape index (κ3) is 3.57. The zero-order chi connectivity index (χ0) is 22.3. The van der Waals surface area contributed by atoms with E-state index in [-0.39, 0.29) is 33.6 Å². The fourth-order valence-electron chi connectivity index (χ4n) is 3.95. The van der Waals surface area contributed by atoms with Crippen LogP contribution in [-0.2, 0) is 4.79 Å². The van der Waals surface area contributed by atoms with Crippen molar-refractivity contribution in [2.75, 3.05) is 24.5 Å². The fourth-order valence-corrected chi connectivity index (χ4v) is 4.24. The molecule has 0 aliphatic carbocycles. The van der Waals surface area contributed by atoms with E-state index in [0.717, 1.165) is 6.07 Å². The summed E-state index contributed by atoms with van der Waals surface area (Å²) in [5, 5.41) is 10.4. The van der Waals surface area contributed by atoms with E-state index < -0.39 is 17.4 Å². The zero-order valence-electron chi connectivity index (χ0n) is 16.6. The van der Waals surface area contributed by atoms with Gasteiger partial charge in [0.15, 0.2) is 5.82 Å². The highest BCUT2D eigenvalue weighted by Crippen LogP contribution is 2.42. The first kappa shape index (κ1) is 21.0. The van der Waals surface area contributed by atoms with Gasteiger partial charge in [-0.1, -0.05) is 24.2 Å². The van der Waals surface area contributed by atoms with Crippen LogP contribution in [0.25, 0.3) is 22.0 Å². The van der Waals surface area contributed by atoms with Gasteiger partial charge in [-0.05, 0) is 31.2 Å². The molecule has 1 N–H and O–H groups in total. The monoisotopic (exact) mass is 444 g/mol. The smallest absolute Gasteiger partial charge is 0.246 e. The summed E-state index contributed by atoms with van der Waals surface area (Å²) in [6, 6.07) is 5.06. The molecule has 2 heterocycles. The number of carbonyl (C=O) groups excluding carboxylic acids is 1. The largest absolute Gasteiger partial charge is 0.507 e. The summed E-state index contributed by atoms with van der Waals surface area (Å²) in [7, 11) is 0. The number of benzene rings is 2. The quantitative estimate of drug-likeness (QED) is 0.614. The number of anilines is 1. The molecule has 1 unspecified atom stereocenters. The maximum Gasteiger partial charge on any atom is 0.246 e. The normalized spacial score (nSPS) is 16.6. The lowest BCUT2D eigenvalue weighted by molar-refractivity contribution is -0.128. The number of phenols is 1. The first-order valence-electron chi connectivity index (χ1n) is 9.62. The molecule has 3 aromatic rings. The van der Waals surface area contributed by atoms with Crippen LogP contribution in [0.3, 0.4) is 0 Å². The fraction of sp³-hybridized carbons (Fsp3) is 0.227. The molecule has 2 aromatic carbocycles. The number of nitrogens with zero attached hydrogens (tertiary/aromatic N) is 4. The van der Waals surface area contributed by atoms with Crippen molar-refractivity contribution in [1.29, 1.82) is 0 Å². The molecule has 0 radical (unpaired) electrons. The molecule has 31 heavy (non-hydrogen) atoms. The van der Waals surface area contributed by atoms with Crippen molar-refractivity contribution in [3.8, 4) is 16.9 Å². The van der Waals surface area contributed by atoms with E-state index in [9.17, 15) is 14.3 Å².